The zero-order valence-corrected chi connectivity index (χ0v) is 17.0. The predicted molar refractivity (Wildman–Crippen MR) is 117 cm³/mol. The first kappa shape index (κ1) is 21.6. The van der Waals surface area contributed by atoms with Gasteiger partial charge in [-0.2, -0.15) is 0 Å². The zero-order valence-electron chi connectivity index (χ0n) is 17.0. The van der Waals surface area contributed by atoms with Crippen LogP contribution < -0.4 is 15.4 Å². The number of benzene rings is 3. The minimum absolute atomic E-state index is 0.214. The van der Waals surface area contributed by atoms with Gasteiger partial charge in [-0.15, -0.1) is 0 Å². The van der Waals surface area contributed by atoms with E-state index < -0.39 is 18.5 Å². The van der Waals surface area contributed by atoms with E-state index in [1.807, 2.05) is 30.3 Å². The third kappa shape index (κ3) is 7.01. The summed E-state index contributed by atoms with van der Waals surface area (Å²) < 4.78 is 10.7. The van der Waals surface area contributed by atoms with Crippen LogP contribution in [0.1, 0.15) is 22.8 Å². The van der Waals surface area contributed by atoms with Gasteiger partial charge in [0.15, 0.2) is 6.61 Å². The molecule has 0 unspecified atom stereocenters. The summed E-state index contributed by atoms with van der Waals surface area (Å²) in [5.74, 6) is -0.695. The van der Waals surface area contributed by atoms with Gasteiger partial charge in [0.1, 0.15) is 12.4 Å². The Bertz CT molecular complexity index is 1050. The molecule has 2 amide bonds. The van der Waals surface area contributed by atoms with Gasteiger partial charge in [0.05, 0.1) is 5.56 Å². The van der Waals surface area contributed by atoms with Crippen molar-refractivity contribution in [1.82, 2.24) is 0 Å². The number of anilines is 2. The molecule has 0 fully saturated rings. The van der Waals surface area contributed by atoms with E-state index in [2.05, 4.69) is 10.6 Å². The third-order valence-electron chi connectivity index (χ3n) is 4.14. The van der Waals surface area contributed by atoms with Crippen molar-refractivity contribution in [2.75, 3.05) is 17.2 Å². The fourth-order valence-corrected chi connectivity index (χ4v) is 2.72. The molecule has 0 radical (unpaired) electrons. The summed E-state index contributed by atoms with van der Waals surface area (Å²) in [5, 5.41) is 5.24. The molecule has 31 heavy (non-hydrogen) atoms. The maximum atomic E-state index is 12.2. The highest BCUT2D eigenvalue weighted by atomic mass is 16.5. The molecule has 0 aliphatic carbocycles. The molecule has 7 heteroatoms. The molecule has 0 heterocycles. The van der Waals surface area contributed by atoms with Crippen LogP contribution in [0.25, 0.3) is 0 Å². The molecular weight excluding hydrogens is 396 g/mol. The minimum Gasteiger partial charge on any atom is -0.489 e. The van der Waals surface area contributed by atoms with E-state index in [-0.39, 0.29) is 5.91 Å². The molecule has 3 aromatic rings. The number of hydrogen-bond acceptors (Lipinski definition) is 5. The summed E-state index contributed by atoms with van der Waals surface area (Å²) in [7, 11) is 0. The van der Waals surface area contributed by atoms with Crippen molar-refractivity contribution < 1.29 is 23.9 Å². The van der Waals surface area contributed by atoms with Gasteiger partial charge >= 0.3 is 5.97 Å². The van der Waals surface area contributed by atoms with Crippen LogP contribution in [0.5, 0.6) is 5.75 Å². The lowest BCUT2D eigenvalue weighted by Gasteiger charge is -2.09. The average molecular weight is 418 g/mol. The molecule has 0 spiro atoms. The van der Waals surface area contributed by atoms with Crippen molar-refractivity contribution in [3.8, 4) is 5.75 Å². The Labute approximate surface area is 180 Å². The Morgan fingerprint density at radius 1 is 0.806 bits per heavy atom. The molecule has 0 aliphatic heterocycles. The monoisotopic (exact) mass is 418 g/mol. The largest absolute Gasteiger partial charge is 0.489 e. The van der Waals surface area contributed by atoms with Gasteiger partial charge in [-0.1, -0.05) is 36.4 Å². The highest BCUT2D eigenvalue weighted by Gasteiger charge is 2.11. The Hall–Kier alpha value is -4.13. The van der Waals surface area contributed by atoms with E-state index in [0.717, 1.165) is 5.56 Å². The van der Waals surface area contributed by atoms with Crippen LogP contribution in [0.3, 0.4) is 0 Å². The Kier molecular flexibility index (Phi) is 7.37. The van der Waals surface area contributed by atoms with Crippen LogP contribution in [0.4, 0.5) is 11.4 Å². The molecule has 158 valence electrons. The normalized spacial score (nSPS) is 10.1. The second-order valence-corrected chi connectivity index (χ2v) is 6.68. The van der Waals surface area contributed by atoms with Gasteiger partial charge in [-0.3, -0.25) is 9.59 Å². The number of carbonyl (C=O) groups is 3. The average Bonchev–Trinajstić information content (AvgIpc) is 2.77. The number of nitrogens with one attached hydrogen (secondary N) is 2. The van der Waals surface area contributed by atoms with Crippen molar-refractivity contribution in [1.29, 1.82) is 0 Å². The smallest absolute Gasteiger partial charge is 0.338 e. The van der Waals surface area contributed by atoms with Crippen molar-refractivity contribution >= 4 is 29.2 Å². The van der Waals surface area contributed by atoms with E-state index >= 15 is 0 Å². The predicted octanol–water partition coefficient (Wildman–Crippen LogP) is 4.02. The molecule has 3 rings (SSSR count). The minimum atomic E-state index is -0.614. The van der Waals surface area contributed by atoms with Gasteiger partial charge in [0.2, 0.25) is 5.91 Å². The lowest BCUT2D eigenvalue weighted by Crippen LogP contribution is -2.21. The summed E-state index contributed by atoms with van der Waals surface area (Å²) in [4.78, 5) is 35.4. The summed E-state index contributed by atoms with van der Waals surface area (Å²) in [6.45, 7) is 1.38. The van der Waals surface area contributed by atoms with Gasteiger partial charge < -0.3 is 20.1 Å². The maximum Gasteiger partial charge on any atom is 0.338 e. The molecule has 0 bridgehead atoms. The molecule has 2 N–H and O–H groups in total. The van der Waals surface area contributed by atoms with Crippen LogP contribution >= 0.6 is 0 Å². The summed E-state index contributed by atoms with van der Waals surface area (Å²) in [5.41, 5.74) is 2.39. The number of carbonyl (C=O) groups excluding carboxylic acids is 3. The van der Waals surface area contributed by atoms with Crippen LogP contribution in [-0.4, -0.2) is 24.4 Å². The number of ether oxygens (including phenoxy) is 2. The van der Waals surface area contributed by atoms with Crippen LogP contribution in [0.15, 0.2) is 78.9 Å². The molecule has 0 atom stereocenters. The van der Waals surface area contributed by atoms with Gasteiger partial charge in [-0.25, -0.2) is 4.79 Å². The second kappa shape index (κ2) is 10.6. The zero-order chi connectivity index (χ0) is 22.1. The maximum absolute atomic E-state index is 12.2. The summed E-state index contributed by atoms with van der Waals surface area (Å²) in [6, 6.07) is 22.9. The highest BCUT2D eigenvalue weighted by Crippen LogP contribution is 2.16. The topological polar surface area (TPSA) is 93.7 Å². The molecule has 0 aliphatic rings. The van der Waals surface area contributed by atoms with E-state index in [4.69, 9.17) is 9.47 Å². The fraction of sp³-hybridized carbons (Fsp3) is 0.125. The fourth-order valence-electron chi connectivity index (χ4n) is 2.72. The van der Waals surface area contributed by atoms with E-state index in [1.165, 1.54) is 6.92 Å². The molecule has 3 aromatic carbocycles. The van der Waals surface area contributed by atoms with E-state index in [1.54, 1.807) is 48.5 Å². The first-order chi connectivity index (χ1) is 15.0. The van der Waals surface area contributed by atoms with Crippen molar-refractivity contribution in [3.63, 3.8) is 0 Å². The van der Waals surface area contributed by atoms with Crippen LogP contribution in [0.2, 0.25) is 0 Å². The number of esters is 1. The van der Waals surface area contributed by atoms with Crippen molar-refractivity contribution in [2.24, 2.45) is 0 Å². The van der Waals surface area contributed by atoms with E-state index in [9.17, 15) is 14.4 Å². The highest BCUT2D eigenvalue weighted by molar-refractivity contribution is 5.96. The number of amides is 2. The number of rotatable bonds is 8. The summed E-state index contributed by atoms with van der Waals surface area (Å²) in [6.07, 6.45) is 0. The SMILES string of the molecule is CC(=O)Nc1cccc(NC(=O)COC(=O)c2ccc(OCc3ccccc3)cc2)c1. The lowest BCUT2D eigenvalue weighted by atomic mass is 10.2. The van der Waals surface area contributed by atoms with Crippen molar-refractivity contribution in [2.45, 2.75) is 13.5 Å². The second-order valence-electron chi connectivity index (χ2n) is 6.68. The summed E-state index contributed by atoms with van der Waals surface area (Å²) >= 11 is 0. The molecule has 0 saturated carbocycles. The molecule has 7 nitrogen and oxygen atoms in total. The van der Waals surface area contributed by atoms with Crippen molar-refractivity contribution in [3.05, 3.63) is 90.0 Å². The quantitative estimate of drug-likeness (QED) is 0.539. The first-order valence-corrected chi connectivity index (χ1v) is 9.61. The Balaban J connectivity index is 1.46. The Morgan fingerprint density at radius 3 is 2.16 bits per heavy atom. The van der Waals surface area contributed by atoms with Crippen LogP contribution in [0, 0.1) is 0 Å². The van der Waals surface area contributed by atoms with Gasteiger partial charge in [-0.05, 0) is 48.0 Å². The first-order valence-electron chi connectivity index (χ1n) is 9.61. The standard InChI is InChI=1S/C24H22N2O5/c1-17(27)25-20-8-5-9-21(14-20)26-23(28)16-31-24(29)19-10-12-22(13-11-19)30-15-18-6-3-2-4-7-18/h2-14H,15-16H2,1H3,(H,25,27)(H,26,28). The van der Waals surface area contributed by atoms with E-state index in [0.29, 0.717) is 29.3 Å². The lowest BCUT2D eigenvalue weighted by molar-refractivity contribution is -0.119. The van der Waals surface area contributed by atoms with Gasteiger partial charge in [0.25, 0.3) is 5.91 Å². The Morgan fingerprint density at radius 2 is 1.48 bits per heavy atom. The number of hydrogen-bond donors (Lipinski definition) is 2. The molecule has 0 aromatic heterocycles. The molecule has 0 saturated heterocycles. The third-order valence-corrected chi connectivity index (χ3v) is 4.14. The van der Waals surface area contributed by atoms with Gasteiger partial charge in [0, 0.05) is 18.3 Å². The van der Waals surface area contributed by atoms with Crippen LogP contribution in [-0.2, 0) is 20.9 Å². The molecular formula is C24H22N2O5.